The van der Waals surface area contributed by atoms with Gasteiger partial charge in [-0.2, -0.15) is 5.10 Å². The lowest BCUT2D eigenvalue weighted by molar-refractivity contribution is -0.127. The van der Waals surface area contributed by atoms with Gasteiger partial charge in [-0.15, -0.1) is 0 Å². The Bertz CT molecular complexity index is 770. The Morgan fingerprint density at radius 3 is 2.96 bits per heavy atom. The van der Waals surface area contributed by atoms with Gasteiger partial charge in [-0.3, -0.25) is 9.59 Å². The summed E-state index contributed by atoms with van der Waals surface area (Å²) in [5.41, 5.74) is 1.84. The molecule has 1 aliphatic rings. The number of nitrogens with zero attached hydrogens (tertiary/aromatic N) is 4. The summed E-state index contributed by atoms with van der Waals surface area (Å²) in [7, 11) is 0. The highest BCUT2D eigenvalue weighted by atomic mass is 16.2. The molecule has 7 nitrogen and oxygen atoms in total. The van der Waals surface area contributed by atoms with Gasteiger partial charge in [-0.1, -0.05) is 6.92 Å². The van der Waals surface area contributed by atoms with E-state index < -0.39 is 0 Å². The van der Waals surface area contributed by atoms with E-state index in [2.05, 4.69) is 10.3 Å². The van der Waals surface area contributed by atoms with E-state index in [0.29, 0.717) is 26.1 Å². The number of carbonyl (C=O) groups is 2. The third-order valence-corrected chi connectivity index (χ3v) is 4.68. The van der Waals surface area contributed by atoms with Gasteiger partial charge in [0.2, 0.25) is 11.8 Å². The van der Waals surface area contributed by atoms with Crippen molar-refractivity contribution in [2.45, 2.75) is 45.6 Å². The maximum atomic E-state index is 11.6. The van der Waals surface area contributed by atoms with Crippen LogP contribution in [0.5, 0.6) is 0 Å². The standard InChI is InChI=1S/C18H25N5O2/c1-3-5-16(25)19-9-11-23-18-15(6-4-8-20-18)17(21-23)14-7-10-22(12-14)13(2)24/h4,6,8,14H,3,5,7,9-12H2,1-2H3,(H,19,25)/t14-/m1/s1. The van der Waals surface area contributed by atoms with Crippen LogP contribution in [0.4, 0.5) is 0 Å². The number of fused-ring (bicyclic) bond motifs is 1. The lowest BCUT2D eigenvalue weighted by Gasteiger charge is -2.12. The zero-order chi connectivity index (χ0) is 17.8. The van der Waals surface area contributed by atoms with Gasteiger partial charge in [-0.05, 0) is 25.0 Å². The SMILES string of the molecule is CCCC(=O)NCCn1nc([C@@H]2CCN(C(C)=O)C2)c2cccnc21. The topological polar surface area (TPSA) is 80.1 Å². The van der Waals surface area contributed by atoms with Crippen LogP contribution < -0.4 is 5.32 Å². The lowest BCUT2D eigenvalue weighted by atomic mass is 10.0. The minimum atomic E-state index is 0.0695. The number of pyridine rings is 1. The van der Waals surface area contributed by atoms with Gasteiger partial charge in [-0.25, -0.2) is 9.67 Å². The van der Waals surface area contributed by atoms with Crippen LogP contribution in [0.25, 0.3) is 11.0 Å². The Hall–Kier alpha value is -2.44. The number of hydrogen-bond donors (Lipinski definition) is 1. The van der Waals surface area contributed by atoms with Gasteiger partial charge in [0.25, 0.3) is 0 Å². The first-order valence-electron chi connectivity index (χ1n) is 8.93. The van der Waals surface area contributed by atoms with Crippen molar-refractivity contribution >= 4 is 22.8 Å². The second-order valence-corrected chi connectivity index (χ2v) is 6.53. The highest BCUT2D eigenvalue weighted by Gasteiger charge is 2.29. The summed E-state index contributed by atoms with van der Waals surface area (Å²) < 4.78 is 1.87. The molecule has 0 unspecified atom stereocenters. The first-order valence-corrected chi connectivity index (χ1v) is 8.93. The number of amides is 2. The molecule has 2 aromatic rings. The zero-order valence-corrected chi connectivity index (χ0v) is 14.9. The Balaban J connectivity index is 1.77. The van der Waals surface area contributed by atoms with Gasteiger partial charge in [0.05, 0.1) is 12.2 Å². The average molecular weight is 343 g/mol. The molecule has 1 atom stereocenters. The Morgan fingerprint density at radius 1 is 1.40 bits per heavy atom. The molecule has 1 saturated heterocycles. The van der Waals surface area contributed by atoms with E-state index in [4.69, 9.17) is 5.10 Å². The largest absolute Gasteiger partial charge is 0.354 e. The van der Waals surface area contributed by atoms with Crippen LogP contribution in [0.3, 0.4) is 0 Å². The van der Waals surface area contributed by atoms with Crippen LogP contribution in [-0.2, 0) is 16.1 Å². The first-order chi connectivity index (χ1) is 12.1. The van der Waals surface area contributed by atoms with Gasteiger partial charge in [0.1, 0.15) is 0 Å². The van der Waals surface area contributed by atoms with E-state index in [1.807, 2.05) is 28.6 Å². The van der Waals surface area contributed by atoms with Crippen molar-refractivity contribution in [1.29, 1.82) is 0 Å². The summed E-state index contributed by atoms with van der Waals surface area (Å²) in [5, 5.41) is 8.73. The van der Waals surface area contributed by atoms with E-state index >= 15 is 0 Å². The molecule has 134 valence electrons. The highest BCUT2D eigenvalue weighted by molar-refractivity contribution is 5.79. The predicted molar refractivity (Wildman–Crippen MR) is 95.1 cm³/mol. The predicted octanol–water partition coefficient (Wildman–Crippen LogP) is 1.68. The van der Waals surface area contributed by atoms with E-state index in [-0.39, 0.29) is 17.7 Å². The molecule has 1 fully saturated rings. The minimum Gasteiger partial charge on any atom is -0.354 e. The van der Waals surface area contributed by atoms with Crippen LogP contribution in [0.15, 0.2) is 18.3 Å². The molecule has 7 heteroatoms. The minimum absolute atomic E-state index is 0.0695. The normalized spacial score (nSPS) is 17.2. The van der Waals surface area contributed by atoms with Crippen LogP contribution in [0, 0.1) is 0 Å². The summed E-state index contributed by atoms with van der Waals surface area (Å²) in [6, 6.07) is 3.95. The number of nitrogens with one attached hydrogen (secondary N) is 1. The fourth-order valence-electron chi connectivity index (χ4n) is 3.38. The smallest absolute Gasteiger partial charge is 0.220 e. The molecule has 0 spiro atoms. The Kier molecular flexibility index (Phi) is 5.31. The van der Waals surface area contributed by atoms with E-state index in [1.165, 1.54) is 0 Å². The molecule has 3 rings (SSSR count). The number of likely N-dealkylation sites (tertiary alicyclic amines) is 1. The fraction of sp³-hybridized carbons (Fsp3) is 0.556. The van der Waals surface area contributed by atoms with Gasteiger partial charge in [0.15, 0.2) is 5.65 Å². The maximum absolute atomic E-state index is 11.6. The van der Waals surface area contributed by atoms with Crippen molar-refractivity contribution < 1.29 is 9.59 Å². The van der Waals surface area contributed by atoms with Crippen molar-refractivity contribution in [1.82, 2.24) is 25.0 Å². The second-order valence-electron chi connectivity index (χ2n) is 6.53. The molecule has 0 radical (unpaired) electrons. The number of carbonyl (C=O) groups excluding carboxylic acids is 2. The van der Waals surface area contributed by atoms with Crippen molar-refractivity contribution in [2.75, 3.05) is 19.6 Å². The van der Waals surface area contributed by atoms with Gasteiger partial charge >= 0.3 is 0 Å². The van der Waals surface area contributed by atoms with Crippen LogP contribution >= 0.6 is 0 Å². The number of rotatable bonds is 6. The fourth-order valence-corrected chi connectivity index (χ4v) is 3.38. The van der Waals surface area contributed by atoms with Crippen molar-refractivity contribution in [3.63, 3.8) is 0 Å². The molecular formula is C18H25N5O2. The molecule has 0 aromatic carbocycles. The van der Waals surface area contributed by atoms with Crippen LogP contribution in [-0.4, -0.2) is 51.1 Å². The van der Waals surface area contributed by atoms with Gasteiger partial charge in [0, 0.05) is 50.5 Å². The molecule has 2 aromatic heterocycles. The molecule has 25 heavy (non-hydrogen) atoms. The third-order valence-electron chi connectivity index (χ3n) is 4.68. The van der Waals surface area contributed by atoms with Crippen molar-refractivity contribution in [2.24, 2.45) is 0 Å². The van der Waals surface area contributed by atoms with Crippen molar-refractivity contribution in [3.05, 3.63) is 24.0 Å². The monoisotopic (exact) mass is 343 g/mol. The van der Waals surface area contributed by atoms with Crippen LogP contribution in [0.1, 0.15) is 44.7 Å². The van der Waals surface area contributed by atoms with E-state index in [1.54, 1.807) is 13.1 Å². The van der Waals surface area contributed by atoms with Gasteiger partial charge < -0.3 is 10.2 Å². The average Bonchev–Trinajstić information content (AvgIpc) is 3.20. The van der Waals surface area contributed by atoms with Crippen molar-refractivity contribution in [3.8, 4) is 0 Å². The third kappa shape index (κ3) is 3.81. The molecule has 0 saturated carbocycles. The molecule has 2 amide bonds. The molecule has 1 aliphatic heterocycles. The molecular weight excluding hydrogens is 318 g/mol. The number of aromatic nitrogens is 3. The first kappa shape index (κ1) is 17.4. The van der Waals surface area contributed by atoms with E-state index in [9.17, 15) is 9.59 Å². The maximum Gasteiger partial charge on any atom is 0.220 e. The molecule has 0 bridgehead atoms. The summed E-state index contributed by atoms with van der Waals surface area (Å²) in [6.07, 6.45) is 4.08. The summed E-state index contributed by atoms with van der Waals surface area (Å²) >= 11 is 0. The molecule has 3 heterocycles. The van der Waals surface area contributed by atoms with Crippen LogP contribution in [0.2, 0.25) is 0 Å². The Morgan fingerprint density at radius 2 is 2.24 bits per heavy atom. The van der Waals surface area contributed by atoms with E-state index in [0.717, 1.165) is 36.1 Å². The summed E-state index contributed by atoms with van der Waals surface area (Å²) in [5.74, 6) is 0.426. The lowest BCUT2D eigenvalue weighted by Crippen LogP contribution is -2.27. The molecule has 0 aliphatic carbocycles. The quantitative estimate of drug-likeness (QED) is 0.865. The summed E-state index contributed by atoms with van der Waals surface area (Å²) in [6.45, 7) is 6.22. The second kappa shape index (κ2) is 7.63. The zero-order valence-electron chi connectivity index (χ0n) is 14.9. The summed E-state index contributed by atoms with van der Waals surface area (Å²) in [4.78, 5) is 29.6. The highest BCUT2D eigenvalue weighted by Crippen LogP contribution is 2.31. The number of hydrogen-bond acceptors (Lipinski definition) is 4. The Labute approximate surface area is 147 Å². The molecule has 1 N–H and O–H groups in total.